The molecule has 0 radical (unpaired) electrons. The average Bonchev–Trinajstić information content (AvgIpc) is 3.55. The third-order valence-corrected chi connectivity index (χ3v) is 9.71. The van der Waals surface area contributed by atoms with Crippen LogP contribution >= 0.6 is 35.7 Å². The number of aromatic amines is 1. The molecule has 212 valence electrons. The number of nitrogens with zero attached hydrogens (tertiary/aromatic N) is 2. The van der Waals surface area contributed by atoms with Crippen molar-refractivity contribution in [2.24, 2.45) is 0 Å². The maximum Gasteiger partial charge on any atom is 0.253 e. The monoisotopic (exact) mass is 612 g/mol. The van der Waals surface area contributed by atoms with Gasteiger partial charge in [-0.1, -0.05) is 78.9 Å². The van der Waals surface area contributed by atoms with Crippen LogP contribution in [-0.2, 0) is 20.7 Å². The molecule has 6 rings (SSSR count). The molecule has 0 unspecified atom stereocenters. The van der Waals surface area contributed by atoms with Crippen LogP contribution < -0.4 is 5.32 Å². The highest BCUT2D eigenvalue weighted by Gasteiger charge is 2.53. The lowest BCUT2D eigenvalue weighted by molar-refractivity contribution is -0.145. The van der Waals surface area contributed by atoms with Gasteiger partial charge in [-0.05, 0) is 53.0 Å². The second kappa shape index (κ2) is 13.0. The third-order valence-electron chi connectivity index (χ3n) is 7.07. The zero-order valence-corrected chi connectivity index (χ0v) is 25.0. The van der Waals surface area contributed by atoms with Crippen molar-refractivity contribution in [3.63, 3.8) is 0 Å². The fourth-order valence-corrected chi connectivity index (χ4v) is 7.47. The number of β-lactam (4-membered cyclic amide) rings is 1. The molecule has 2 amide bonds. The normalized spacial score (nSPS) is 17.9. The minimum atomic E-state index is -0.619. The summed E-state index contributed by atoms with van der Waals surface area (Å²) in [5.74, 6) is 0.512. The quantitative estimate of drug-likeness (QED) is 0.138. The predicted octanol–water partition coefficient (Wildman–Crippen LogP) is 5.53. The van der Waals surface area contributed by atoms with Gasteiger partial charge in [0.2, 0.25) is 11.0 Å². The Hall–Kier alpha value is -3.86. The minimum Gasteiger partial charge on any atom is -0.469 e. The first-order chi connectivity index (χ1) is 20.6. The number of aromatic nitrogens is 2. The number of hydrogen-bond donors (Lipinski definition) is 2. The van der Waals surface area contributed by atoms with Crippen LogP contribution in [0.1, 0.15) is 22.8 Å². The summed E-state index contributed by atoms with van der Waals surface area (Å²) in [6, 6.07) is 28.9. The van der Waals surface area contributed by atoms with Gasteiger partial charge in [-0.3, -0.25) is 19.6 Å². The molecule has 3 heterocycles. The molecule has 7 nitrogen and oxygen atoms in total. The number of nitrogens with one attached hydrogen (secondary N) is 2. The van der Waals surface area contributed by atoms with Crippen LogP contribution in [0.5, 0.6) is 0 Å². The number of rotatable bonds is 10. The van der Waals surface area contributed by atoms with Gasteiger partial charge in [-0.2, -0.15) is 5.10 Å². The summed E-state index contributed by atoms with van der Waals surface area (Å²) in [6.45, 7) is 0. The highest BCUT2D eigenvalue weighted by atomic mass is 32.2. The lowest BCUT2D eigenvalue weighted by atomic mass is 9.99. The maximum atomic E-state index is 13.6. The Kier molecular flexibility index (Phi) is 8.73. The standard InChI is InChI=1S/C32H28N4O3S3/c37-26(20-41-25-14-8-3-9-15-25)35-27-30(38)36-28(24(19-42-31(27)36)16-21-17-33-34-18-21)32(40)39-29(22-10-4-1-5-11-22)23-12-6-2-7-13-23/h1-15,17-18,27,29,31H,16,19-20H2,(H,33,34)(H,35,37)/t27-,31-/m1/s1. The van der Waals surface area contributed by atoms with E-state index in [1.807, 2.05) is 97.2 Å². The second-order valence-electron chi connectivity index (χ2n) is 9.90. The third kappa shape index (κ3) is 6.16. The van der Waals surface area contributed by atoms with Crippen LogP contribution in [0.2, 0.25) is 0 Å². The molecule has 2 atom stereocenters. The van der Waals surface area contributed by atoms with E-state index in [4.69, 9.17) is 17.0 Å². The summed E-state index contributed by atoms with van der Waals surface area (Å²) >= 11 is 9.03. The molecular formula is C32H28N4O3S3. The van der Waals surface area contributed by atoms with E-state index >= 15 is 0 Å². The summed E-state index contributed by atoms with van der Waals surface area (Å²) in [4.78, 5) is 29.1. The number of hydrogen-bond acceptors (Lipinski definition) is 7. The first-order valence-corrected chi connectivity index (χ1v) is 15.9. The fourth-order valence-electron chi connectivity index (χ4n) is 5.06. The Balaban J connectivity index is 1.24. The van der Waals surface area contributed by atoms with Crippen LogP contribution in [0, 0.1) is 0 Å². The van der Waals surface area contributed by atoms with Gasteiger partial charge in [-0.15, -0.1) is 23.5 Å². The molecule has 2 N–H and O–H groups in total. The second-order valence-corrected chi connectivity index (χ2v) is 12.4. The minimum absolute atomic E-state index is 0.177. The number of fused-ring (bicyclic) bond motifs is 1. The topological polar surface area (TPSA) is 87.3 Å². The summed E-state index contributed by atoms with van der Waals surface area (Å²) in [5, 5.41) is 9.89. The van der Waals surface area contributed by atoms with Gasteiger partial charge >= 0.3 is 0 Å². The van der Waals surface area contributed by atoms with E-state index < -0.39 is 12.1 Å². The Morgan fingerprint density at radius 1 is 1.05 bits per heavy atom. The molecule has 10 heteroatoms. The molecule has 1 fully saturated rings. The van der Waals surface area contributed by atoms with Gasteiger partial charge in [0.15, 0.2) is 0 Å². The van der Waals surface area contributed by atoms with E-state index in [1.165, 1.54) is 11.8 Å². The van der Waals surface area contributed by atoms with E-state index in [-0.39, 0.29) is 28.0 Å². The fraction of sp³-hybridized carbons (Fsp3) is 0.188. The number of thiocarbonyl (C=S) groups is 1. The lowest BCUT2D eigenvalue weighted by Gasteiger charge is -2.50. The SMILES string of the molecule is O=C(CSc1ccccc1)N[C@@H]1C(=O)N2C(C(=S)OC(c3ccccc3)c3ccccc3)=C(Cc3cn[nH]c3)CS[C@H]12. The maximum absolute atomic E-state index is 13.6. The van der Waals surface area contributed by atoms with Crippen LogP contribution in [0.25, 0.3) is 0 Å². The van der Waals surface area contributed by atoms with Crippen molar-refractivity contribution in [1.82, 2.24) is 20.4 Å². The molecule has 0 bridgehead atoms. The van der Waals surface area contributed by atoms with Crippen molar-refractivity contribution >= 4 is 52.6 Å². The molecule has 0 saturated carbocycles. The number of amides is 2. The highest BCUT2D eigenvalue weighted by molar-refractivity contribution is 8.00. The van der Waals surface area contributed by atoms with E-state index in [2.05, 4.69) is 15.5 Å². The molecule has 2 aliphatic rings. The summed E-state index contributed by atoms with van der Waals surface area (Å²) in [7, 11) is 0. The predicted molar refractivity (Wildman–Crippen MR) is 170 cm³/mol. The van der Waals surface area contributed by atoms with Crippen LogP contribution in [0.3, 0.4) is 0 Å². The summed E-state index contributed by atoms with van der Waals surface area (Å²) in [6.07, 6.45) is 3.74. The Bertz CT molecular complexity index is 1540. The molecule has 42 heavy (non-hydrogen) atoms. The smallest absolute Gasteiger partial charge is 0.253 e. The van der Waals surface area contributed by atoms with Gasteiger partial charge in [0.25, 0.3) is 5.91 Å². The van der Waals surface area contributed by atoms with E-state index in [0.29, 0.717) is 17.9 Å². The summed E-state index contributed by atoms with van der Waals surface area (Å²) in [5.41, 5.74) is 4.51. The van der Waals surface area contributed by atoms with Crippen molar-refractivity contribution in [2.75, 3.05) is 11.5 Å². The summed E-state index contributed by atoms with van der Waals surface area (Å²) < 4.78 is 6.57. The molecular weight excluding hydrogens is 585 g/mol. The largest absolute Gasteiger partial charge is 0.469 e. The van der Waals surface area contributed by atoms with Crippen molar-refractivity contribution in [1.29, 1.82) is 0 Å². The molecule has 0 spiro atoms. The number of carbonyl (C=O) groups excluding carboxylic acids is 2. The Labute approximate surface area is 258 Å². The van der Waals surface area contributed by atoms with Crippen LogP contribution in [0.4, 0.5) is 0 Å². The molecule has 4 aromatic rings. The highest BCUT2D eigenvalue weighted by Crippen LogP contribution is 2.42. The molecule has 2 aliphatic heterocycles. The number of thioether (sulfide) groups is 2. The molecule has 1 aromatic heterocycles. The van der Waals surface area contributed by atoms with Crippen LogP contribution in [0.15, 0.2) is 120 Å². The van der Waals surface area contributed by atoms with Gasteiger partial charge in [0.05, 0.1) is 17.6 Å². The van der Waals surface area contributed by atoms with Gasteiger partial charge < -0.3 is 10.1 Å². The van der Waals surface area contributed by atoms with Crippen molar-refractivity contribution < 1.29 is 14.3 Å². The van der Waals surface area contributed by atoms with Crippen molar-refractivity contribution in [2.45, 2.75) is 28.8 Å². The van der Waals surface area contributed by atoms with E-state index in [0.717, 1.165) is 27.2 Å². The molecule has 1 saturated heterocycles. The molecule has 3 aromatic carbocycles. The number of ether oxygens (including phenoxy) is 1. The zero-order chi connectivity index (χ0) is 28.9. The number of benzene rings is 3. The average molecular weight is 613 g/mol. The van der Waals surface area contributed by atoms with E-state index in [1.54, 1.807) is 22.9 Å². The first kappa shape index (κ1) is 28.3. The van der Waals surface area contributed by atoms with E-state index in [9.17, 15) is 9.59 Å². The Morgan fingerprint density at radius 3 is 2.31 bits per heavy atom. The van der Waals surface area contributed by atoms with Gasteiger partial charge in [-0.25, -0.2) is 0 Å². The number of carbonyl (C=O) groups is 2. The van der Waals surface area contributed by atoms with Crippen molar-refractivity contribution in [3.05, 3.63) is 131 Å². The first-order valence-electron chi connectivity index (χ1n) is 13.5. The van der Waals surface area contributed by atoms with Crippen LogP contribution in [-0.4, -0.2) is 54.9 Å². The lowest BCUT2D eigenvalue weighted by Crippen LogP contribution is -2.70. The number of H-pyrrole nitrogens is 1. The van der Waals surface area contributed by atoms with Gasteiger partial charge in [0.1, 0.15) is 17.5 Å². The molecule has 0 aliphatic carbocycles. The van der Waals surface area contributed by atoms with Gasteiger partial charge in [0, 0.05) is 16.8 Å². The zero-order valence-electron chi connectivity index (χ0n) is 22.5. The Morgan fingerprint density at radius 2 is 1.69 bits per heavy atom. The van der Waals surface area contributed by atoms with Crippen molar-refractivity contribution in [3.8, 4) is 0 Å².